The van der Waals surface area contributed by atoms with Crippen LogP contribution in [0.1, 0.15) is 29.5 Å². The largest absolute Gasteiger partial charge is 0.510 e. The van der Waals surface area contributed by atoms with Gasteiger partial charge in [-0.3, -0.25) is 0 Å². The van der Waals surface area contributed by atoms with Crippen molar-refractivity contribution >= 4 is 11.7 Å². The molecule has 5 rings (SSSR count). The van der Waals surface area contributed by atoms with Gasteiger partial charge in [0.1, 0.15) is 11.4 Å². The molecular weight excluding hydrogens is 446 g/mol. The van der Waals surface area contributed by atoms with Gasteiger partial charge in [-0.25, -0.2) is 4.79 Å². The molecule has 1 atom stereocenters. The number of aliphatic hydroxyl groups excluding tert-OH is 1. The van der Waals surface area contributed by atoms with E-state index in [0.29, 0.717) is 13.0 Å². The zero-order valence-electron chi connectivity index (χ0n) is 20.1. The van der Waals surface area contributed by atoms with E-state index in [1.807, 2.05) is 114 Å². The predicted molar refractivity (Wildman–Crippen MR) is 142 cm³/mol. The van der Waals surface area contributed by atoms with Gasteiger partial charge >= 0.3 is 5.97 Å². The van der Waals surface area contributed by atoms with E-state index in [4.69, 9.17) is 4.74 Å². The Morgan fingerprint density at radius 2 is 1.25 bits per heavy atom. The minimum Gasteiger partial charge on any atom is -0.510 e. The topological polar surface area (TPSA) is 49.8 Å². The number of para-hydroxylation sites is 1. The summed E-state index contributed by atoms with van der Waals surface area (Å²) in [5.74, 6) is -0.474. The van der Waals surface area contributed by atoms with Crippen molar-refractivity contribution in [2.75, 3.05) is 4.90 Å². The number of carbonyl (C=O) groups excluding carboxylic acids is 1. The van der Waals surface area contributed by atoms with Gasteiger partial charge in [-0.05, 0) is 41.7 Å². The molecule has 1 aliphatic rings. The molecule has 1 N–H and O–H groups in total. The minimum absolute atomic E-state index is 0.0444. The molecule has 4 aromatic rings. The molecule has 180 valence electrons. The van der Waals surface area contributed by atoms with E-state index in [0.717, 1.165) is 28.8 Å². The van der Waals surface area contributed by atoms with Crippen LogP contribution in [0.25, 0.3) is 0 Å². The SMILES string of the molecule is O=C1OC(CCc2ccccc2)(c2ccccc2)CC(O)=C1N(Cc1ccccc1)c1ccccc1. The molecule has 4 heteroatoms. The highest BCUT2D eigenvalue weighted by atomic mass is 16.6. The number of cyclic esters (lactones) is 1. The maximum atomic E-state index is 13.7. The molecule has 0 radical (unpaired) electrons. The van der Waals surface area contributed by atoms with Crippen molar-refractivity contribution in [1.29, 1.82) is 0 Å². The van der Waals surface area contributed by atoms with Gasteiger partial charge in [0.05, 0.1) is 6.42 Å². The van der Waals surface area contributed by atoms with Crippen LogP contribution in [0.2, 0.25) is 0 Å². The van der Waals surface area contributed by atoms with Crippen molar-refractivity contribution in [3.8, 4) is 0 Å². The van der Waals surface area contributed by atoms with Crippen LogP contribution in [-0.2, 0) is 28.1 Å². The number of nitrogens with zero attached hydrogens (tertiary/aromatic N) is 1. The third kappa shape index (κ3) is 5.03. The molecule has 0 spiro atoms. The Labute approximate surface area is 212 Å². The van der Waals surface area contributed by atoms with Gasteiger partial charge in [0.25, 0.3) is 0 Å². The molecule has 0 saturated carbocycles. The standard InChI is InChI=1S/C32H29NO3/c34-29-23-32(27-17-9-3-10-18-27,22-21-25-13-5-1-6-14-25)36-31(35)30(29)33(28-19-11-4-12-20-28)24-26-15-7-2-8-16-26/h1-20,34H,21-24H2. The average molecular weight is 476 g/mol. The fraction of sp³-hybridized carbons (Fsp3) is 0.156. The van der Waals surface area contributed by atoms with Crippen molar-refractivity contribution in [2.45, 2.75) is 31.4 Å². The number of benzene rings is 4. The number of rotatable bonds is 8. The monoisotopic (exact) mass is 475 g/mol. The maximum Gasteiger partial charge on any atom is 0.359 e. The van der Waals surface area contributed by atoms with Crippen LogP contribution in [-0.4, -0.2) is 11.1 Å². The Hall–Kier alpha value is -4.31. The zero-order valence-corrected chi connectivity index (χ0v) is 20.1. The fourth-order valence-corrected chi connectivity index (χ4v) is 4.85. The smallest absolute Gasteiger partial charge is 0.359 e. The summed E-state index contributed by atoms with van der Waals surface area (Å²) < 4.78 is 6.31. The van der Waals surface area contributed by atoms with Crippen LogP contribution >= 0.6 is 0 Å². The van der Waals surface area contributed by atoms with Crippen molar-refractivity contribution in [3.63, 3.8) is 0 Å². The molecular formula is C32H29NO3. The Morgan fingerprint density at radius 1 is 0.722 bits per heavy atom. The first-order valence-corrected chi connectivity index (χ1v) is 12.3. The molecule has 4 nitrogen and oxygen atoms in total. The van der Waals surface area contributed by atoms with Crippen LogP contribution in [0.4, 0.5) is 5.69 Å². The minimum atomic E-state index is -0.948. The fourth-order valence-electron chi connectivity index (χ4n) is 4.85. The summed E-state index contributed by atoms with van der Waals surface area (Å²) in [6, 6.07) is 39.5. The third-order valence-electron chi connectivity index (χ3n) is 6.69. The highest BCUT2D eigenvalue weighted by molar-refractivity contribution is 5.94. The number of anilines is 1. The average Bonchev–Trinajstić information content (AvgIpc) is 2.93. The molecule has 0 amide bonds. The van der Waals surface area contributed by atoms with E-state index >= 15 is 0 Å². The van der Waals surface area contributed by atoms with Gasteiger partial charge < -0.3 is 14.7 Å². The van der Waals surface area contributed by atoms with Crippen LogP contribution in [0, 0.1) is 0 Å². The van der Waals surface area contributed by atoms with Crippen molar-refractivity contribution in [3.05, 3.63) is 149 Å². The Morgan fingerprint density at radius 3 is 1.83 bits per heavy atom. The van der Waals surface area contributed by atoms with E-state index in [-0.39, 0.29) is 17.9 Å². The maximum absolute atomic E-state index is 13.7. The summed E-state index contributed by atoms with van der Waals surface area (Å²) in [7, 11) is 0. The molecule has 1 heterocycles. The molecule has 36 heavy (non-hydrogen) atoms. The van der Waals surface area contributed by atoms with E-state index in [1.54, 1.807) is 0 Å². The molecule has 0 aliphatic carbocycles. The molecule has 0 aromatic heterocycles. The predicted octanol–water partition coefficient (Wildman–Crippen LogP) is 6.94. The lowest BCUT2D eigenvalue weighted by molar-refractivity contribution is -0.161. The van der Waals surface area contributed by atoms with Crippen LogP contribution in [0.15, 0.2) is 133 Å². The number of aliphatic hydroxyl groups is 1. The Balaban J connectivity index is 1.53. The summed E-state index contributed by atoms with van der Waals surface area (Å²) in [5, 5.41) is 11.5. The van der Waals surface area contributed by atoms with E-state index < -0.39 is 11.6 Å². The Bertz CT molecular complexity index is 1320. The van der Waals surface area contributed by atoms with Gasteiger partial charge in [0.2, 0.25) is 0 Å². The molecule has 0 bridgehead atoms. The number of hydrogen-bond acceptors (Lipinski definition) is 4. The number of esters is 1. The van der Waals surface area contributed by atoms with E-state index in [2.05, 4.69) is 12.1 Å². The van der Waals surface area contributed by atoms with Gasteiger partial charge in [-0.1, -0.05) is 109 Å². The highest BCUT2D eigenvalue weighted by Crippen LogP contribution is 2.43. The molecule has 1 aliphatic heterocycles. The van der Waals surface area contributed by atoms with E-state index in [1.165, 1.54) is 0 Å². The summed E-state index contributed by atoms with van der Waals surface area (Å²) in [6.45, 7) is 0.432. The van der Waals surface area contributed by atoms with Crippen molar-refractivity contribution < 1.29 is 14.6 Å². The first kappa shape index (κ1) is 23.4. The Kier molecular flexibility index (Phi) is 6.85. The second-order valence-electron chi connectivity index (χ2n) is 9.11. The molecule has 0 fully saturated rings. The summed E-state index contributed by atoms with van der Waals surface area (Å²) in [4.78, 5) is 15.6. The highest BCUT2D eigenvalue weighted by Gasteiger charge is 2.45. The lowest BCUT2D eigenvalue weighted by Gasteiger charge is -2.40. The van der Waals surface area contributed by atoms with Gasteiger partial charge in [-0.2, -0.15) is 0 Å². The molecule has 4 aromatic carbocycles. The van der Waals surface area contributed by atoms with Crippen LogP contribution in [0.3, 0.4) is 0 Å². The van der Waals surface area contributed by atoms with Crippen molar-refractivity contribution in [1.82, 2.24) is 0 Å². The third-order valence-corrected chi connectivity index (χ3v) is 6.69. The number of ether oxygens (including phenoxy) is 1. The number of hydrogen-bond donors (Lipinski definition) is 1. The molecule has 1 unspecified atom stereocenters. The van der Waals surface area contributed by atoms with Crippen molar-refractivity contribution in [2.24, 2.45) is 0 Å². The van der Waals surface area contributed by atoms with Crippen LogP contribution in [0.5, 0.6) is 0 Å². The number of aryl methyl sites for hydroxylation is 1. The van der Waals surface area contributed by atoms with Gasteiger partial charge in [0.15, 0.2) is 5.70 Å². The first-order chi connectivity index (χ1) is 17.6. The van der Waals surface area contributed by atoms with E-state index in [9.17, 15) is 9.90 Å². The zero-order chi connectivity index (χ0) is 24.8. The summed E-state index contributed by atoms with van der Waals surface area (Å²) >= 11 is 0. The molecule has 0 saturated heterocycles. The normalized spacial score (nSPS) is 17.5. The quantitative estimate of drug-likeness (QED) is 0.281. The summed E-state index contributed by atoms with van der Waals surface area (Å²) in [5.41, 5.74) is 3.13. The second-order valence-corrected chi connectivity index (χ2v) is 9.11. The summed E-state index contributed by atoms with van der Waals surface area (Å²) in [6.07, 6.45) is 1.50. The van der Waals surface area contributed by atoms with Gasteiger partial charge in [-0.15, -0.1) is 0 Å². The van der Waals surface area contributed by atoms with Gasteiger partial charge in [0, 0.05) is 12.2 Å². The first-order valence-electron chi connectivity index (χ1n) is 12.3. The second kappa shape index (κ2) is 10.5. The lowest BCUT2D eigenvalue weighted by atomic mass is 9.82. The lowest BCUT2D eigenvalue weighted by Crippen LogP contribution is -2.42. The number of carbonyl (C=O) groups is 1. The van der Waals surface area contributed by atoms with Crippen LogP contribution < -0.4 is 4.90 Å².